The number of aromatic nitrogens is 3. The Hall–Kier alpha value is -2.50. The summed E-state index contributed by atoms with van der Waals surface area (Å²) in [5.41, 5.74) is 7.19. The van der Waals surface area contributed by atoms with Crippen LogP contribution in [-0.2, 0) is 0 Å². The van der Waals surface area contributed by atoms with Gasteiger partial charge in [-0.2, -0.15) is 4.98 Å². The molecule has 0 saturated heterocycles. The van der Waals surface area contributed by atoms with Gasteiger partial charge in [0.1, 0.15) is 0 Å². The number of nitrogens with two attached hydrogens (primary N) is 1. The largest absolute Gasteiger partial charge is 0.492 e. The van der Waals surface area contributed by atoms with E-state index in [0.717, 1.165) is 11.0 Å². The molecule has 1 amide bonds. The highest BCUT2D eigenvalue weighted by molar-refractivity contribution is 5.96. The Morgan fingerprint density at radius 3 is 3.06 bits per heavy atom. The number of benzene rings is 1. The molecule has 0 unspecified atom stereocenters. The summed E-state index contributed by atoms with van der Waals surface area (Å²) in [5.74, 6) is -0.00163. The number of H-pyrrole nitrogens is 1. The van der Waals surface area contributed by atoms with Crippen molar-refractivity contribution in [1.29, 1.82) is 0 Å². The second-order valence-electron chi connectivity index (χ2n) is 3.51. The van der Waals surface area contributed by atoms with Crippen molar-refractivity contribution in [3.05, 3.63) is 30.0 Å². The van der Waals surface area contributed by atoms with Gasteiger partial charge in [0.2, 0.25) is 17.6 Å². The monoisotopic (exact) mass is 216 g/mol. The predicted molar refractivity (Wildman–Crippen MR) is 57.2 cm³/mol. The fourth-order valence-electron chi connectivity index (χ4n) is 1.76. The molecule has 6 nitrogen and oxygen atoms in total. The number of nitrogens with one attached hydrogen (secondary N) is 1. The van der Waals surface area contributed by atoms with E-state index in [1.165, 1.54) is 6.20 Å². The van der Waals surface area contributed by atoms with E-state index in [9.17, 15) is 9.90 Å². The van der Waals surface area contributed by atoms with Gasteiger partial charge in [0, 0.05) is 5.56 Å². The molecule has 0 atom stereocenters. The first kappa shape index (κ1) is 8.78. The van der Waals surface area contributed by atoms with Crippen molar-refractivity contribution >= 4 is 22.7 Å². The number of aromatic hydroxyl groups is 1. The van der Waals surface area contributed by atoms with E-state index in [4.69, 9.17) is 5.73 Å². The zero-order chi connectivity index (χ0) is 11.3. The minimum Gasteiger partial charge on any atom is -0.492 e. The van der Waals surface area contributed by atoms with Crippen molar-refractivity contribution < 1.29 is 9.90 Å². The van der Waals surface area contributed by atoms with Gasteiger partial charge in [-0.15, -0.1) is 0 Å². The van der Waals surface area contributed by atoms with E-state index in [1.807, 2.05) is 0 Å². The fraction of sp³-hybridized carbons (Fsp3) is 0. The van der Waals surface area contributed by atoms with Crippen LogP contribution in [0.25, 0.3) is 16.8 Å². The number of hydrogen-bond donors (Lipinski definition) is 3. The molecule has 0 spiro atoms. The molecular weight excluding hydrogens is 208 g/mol. The first-order valence-corrected chi connectivity index (χ1v) is 4.65. The molecule has 16 heavy (non-hydrogen) atoms. The SMILES string of the molecule is NC(=O)c1ccc2c(c1)[nH]c1nc(O)cn12. The Morgan fingerprint density at radius 1 is 1.50 bits per heavy atom. The lowest BCUT2D eigenvalue weighted by atomic mass is 10.2. The summed E-state index contributed by atoms with van der Waals surface area (Å²) < 4.78 is 1.70. The van der Waals surface area contributed by atoms with Gasteiger partial charge in [0.25, 0.3) is 0 Å². The lowest BCUT2D eigenvalue weighted by molar-refractivity contribution is 0.100. The third kappa shape index (κ3) is 1.07. The average molecular weight is 216 g/mol. The number of carbonyl (C=O) groups is 1. The van der Waals surface area contributed by atoms with Gasteiger partial charge in [0.05, 0.1) is 17.2 Å². The van der Waals surface area contributed by atoms with Crippen molar-refractivity contribution in [2.75, 3.05) is 0 Å². The van der Waals surface area contributed by atoms with Crippen LogP contribution in [0.5, 0.6) is 5.88 Å². The number of amides is 1. The number of rotatable bonds is 1. The molecule has 0 bridgehead atoms. The van der Waals surface area contributed by atoms with Crippen LogP contribution in [0.3, 0.4) is 0 Å². The summed E-state index contributed by atoms with van der Waals surface area (Å²) in [6.45, 7) is 0. The van der Waals surface area contributed by atoms with Gasteiger partial charge in [-0.25, -0.2) is 0 Å². The quantitative estimate of drug-likeness (QED) is 0.556. The molecule has 0 fully saturated rings. The van der Waals surface area contributed by atoms with Crippen LogP contribution in [0.1, 0.15) is 10.4 Å². The third-order valence-corrected chi connectivity index (χ3v) is 2.48. The van der Waals surface area contributed by atoms with Crippen LogP contribution >= 0.6 is 0 Å². The second-order valence-corrected chi connectivity index (χ2v) is 3.51. The fourth-order valence-corrected chi connectivity index (χ4v) is 1.76. The van der Waals surface area contributed by atoms with Crippen LogP contribution in [-0.4, -0.2) is 25.4 Å². The molecule has 2 aromatic heterocycles. The van der Waals surface area contributed by atoms with Crippen LogP contribution in [0.2, 0.25) is 0 Å². The Bertz CT molecular complexity index is 710. The molecular formula is C10H8N4O2. The van der Waals surface area contributed by atoms with Crippen LogP contribution in [0.4, 0.5) is 0 Å². The maximum Gasteiger partial charge on any atom is 0.248 e. The molecule has 0 aliphatic heterocycles. The molecule has 3 rings (SSSR count). The number of fused-ring (bicyclic) bond motifs is 3. The number of hydrogen-bond acceptors (Lipinski definition) is 3. The van der Waals surface area contributed by atoms with Gasteiger partial charge < -0.3 is 15.8 Å². The molecule has 80 valence electrons. The Morgan fingerprint density at radius 2 is 2.31 bits per heavy atom. The number of primary amides is 1. The Kier molecular flexibility index (Phi) is 1.51. The van der Waals surface area contributed by atoms with Gasteiger partial charge in [-0.3, -0.25) is 9.20 Å². The number of carbonyl (C=O) groups excluding carboxylic acids is 1. The first-order valence-electron chi connectivity index (χ1n) is 4.65. The zero-order valence-electron chi connectivity index (χ0n) is 8.14. The highest BCUT2D eigenvalue weighted by atomic mass is 16.3. The van der Waals surface area contributed by atoms with E-state index >= 15 is 0 Å². The smallest absolute Gasteiger partial charge is 0.248 e. The van der Waals surface area contributed by atoms with E-state index in [0.29, 0.717) is 11.3 Å². The molecule has 0 aliphatic carbocycles. The maximum atomic E-state index is 11.0. The van der Waals surface area contributed by atoms with Gasteiger partial charge in [0.15, 0.2) is 0 Å². The summed E-state index contributed by atoms with van der Waals surface area (Å²) >= 11 is 0. The molecule has 4 N–H and O–H groups in total. The van der Waals surface area contributed by atoms with Crippen molar-refractivity contribution in [2.24, 2.45) is 5.73 Å². The van der Waals surface area contributed by atoms with Crippen molar-refractivity contribution in [2.45, 2.75) is 0 Å². The number of nitrogens with zero attached hydrogens (tertiary/aromatic N) is 2. The summed E-state index contributed by atoms with van der Waals surface area (Å²) in [4.78, 5) is 17.8. The lowest BCUT2D eigenvalue weighted by Gasteiger charge is -1.95. The summed E-state index contributed by atoms with van der Waals surface area (Å²) in [6.07, 6.45) is 1.50. The molecule has 6 heteroatoms. The highest BCUT2D eigenvalue weighted by Crippen LogP contribution is 2.20. The van der Waals surface area contributed by atoms with E-state index in [2.05, 4.69) is 9.97 Å². The van der Waals surface area contributed by atoms with Gasteiger partial charge >= 0.3 is 0 Å². The first-order chi connectivity index (χ1) is 7.65. The predicted octanol–water partition coefficient (Wildman–Crippen LogP) is 0.620. The Balaban J connectivity index is 2.37. The highest BCUT2D eigenvalue weighted by Gasteiger charge is 2.09. The van der Waals surface area contributed by atoms with Gasteiger partial charge in [-0.05, 0) is 18.2 Å². The average Bonchev–Trinajstić information content (AvgIpc) is 2.72. The molecule has 0 aliphatic rings. The van der Waals surface area contributed by atoms with Crippen molar-refractivity contribution in [3.8, 4) is 5.88 Å². The normalized spacial score (nSPS) is 11.2. The molecule has 3 aromatic rings. The Labute approximate surface area is 89.3 Å². The minimum atomic E-state index is -0.475. The number of imidazole rings is 2. The van der Waals surface area contributed by atoms with Crippen LogP contribution < -0.4 is 5.73 Å². The standard InChI is InChI=1S/C10H8N4O2/c11-9(16)5-1-2-7-6(3-5)12-10-13-8(15)4-14(7)10/h1-4,15H,(H2,11,16)(H,12,13). The summed E-state index contributed by atoms with van der Waals surface area (Å²) in [6, 6.07) is 5.04. The summed E-state index contributed by atoms with van der Waals surface area (Å²) in [5, 5.41) is 9.22. The van der Waals surface area contributed by atoms with E-state index in [-0.39, 0.29) is 5.88 Å². The van der Waals surface area contributed by atoms with Crippen LogP contribution in [0, 0.1) is 0 Å². The molecule has 2 heterocycles. The van der Waals surface area contributed by atoms with E-state index < -0.39 is 5.91 Å². The minimum absolute atomic E-state index is 0.0490. The van der Waals surface area contributed by atoms with E-state index in [1.54, 1.807) is 22.6 Å². The number of aromatic amines is 1. The lowest BCUT2D eigenvalue weighted by Crippen LogP contribution is -2.10. The topological polar surface area (TPSA) is 96.4 Å². The zero-order valence-corrected chi connectivity index (χ0v) is 8.14. The second kappa shape index (κ2) is 2.75. The third-order valence-electron chi connectivity index (χ3n) is 2.48. The van der Waals surface area contributed by atoms with Gasteiger partial charge in [-0.1, -0.05) is 0 Å². The van der Waals surface area contributed by atoms with Crippen molar-refractivity contribution in [3.63, 3.8) is 0 Å². The summed E-state index contributed by atoms with van der Waals surface area (Å²) in [7, 11) is 0. The van der Waals surface area contributed by atoms with Crippen LogP contribution in [0.15, 0.2) is 24.4 Å². The maximum absolute atomic E-state index is 11.0. The van der Waals surface area contributed by atoms with Crippen molar-refractivity contribution in [1.82, 2.24) is 14.4 Å². The molecule has 0 saturated carbocycles. The molecule has 0 radical (unpaired) electrons. The molecule has 1 aromatic carbocycles.